The van der Waals surface area contributed by atoms with Crippen LogP contribution in [0.4, 0.5) is 0 Å². The molecule has 0 radical (unpaired) electrons. The van der Waals surface area contributed by atoms with E-state index in [0.29, 0.717) is 21.1 Å². The lowest BCUT2D eigenvalue weighted by molar-refractivity contribution is 0.0596. The Hall–Kier alpha value is -2.67. The number of methoxy groups -OCH3 is 2. The van der Waals surface area contributed by atoms with Crippen LogP contribution in [-0.4, -0.2) is 31.9 Å². The van der Waals surface area contributed by atoms with Crippen LogP contribution in [0.2, 0.25) is 0 Å². The summed E-state index contributed by atoms with van der Waals surface area (Å²) in [5.74, 6) is -0.453. The minimum absolute atomic E-state index is 0.0723. The molecule has 2 rings (SSSR count). The number of carbonyl (C=O) groups is 3. The molecule has 0 saturated carbocycles. The third kappa shape index (κ3) is 3.99. The molecule has 24 heavy (non-hydrogen) atoms. The van der Waals surface area contributed by atoms with Crippen LogP contribution in [-0.2, 0) is 11.3 Å². The van der Waals surface area contributed by atoms with E-state index in [1.807, 2.05) is 0 Å². The van der Waals surface area contributed by atoms with Crippen molar-refractivity contribution >= 4 is 29.0 Å². The number of ether oxygens (including phenoxy) is 2. The van der Waals surface area contributed by atoms with Gasteiger partial charge in [-0.05, 0) is 36.8 Å². The van der Waals surface area contributed by atoms with Crippen LogP contribution in [0.1, 0.15) is 42.2 Å². The predicted molar refractivity (Wildman–Crippen MR) is 89.8 cm³/mol. The minimum Gasteiger partial charge on any atom is -0.496 e. The normalized spacial score (nSPS) is 10.1. The fraction of sp³-hybridized carbons (Fsp3) is 0.235. The van der Waals surface area contributed by atoms with Crippen molar-refractivity contribution in [2.45, 2.75) is 13.5 Å². The monoisotopic (exact) mass is 347 g/mol. The lowest BCUT2D eigenvalue weighted by atomic mass is 10.1. The van der Waals surface area contributed by atoms with Gasteiger partial charge in [0.2, 0.25) is 0 Å². The molecular weight excluding hydrogens is 330 g/mol. The van der Waals surface area contributed by atoms with Gasteiger partial charge in [-0.3, -0.25) is 9.59 Å². The molecule has 7 heteroatoms. The lowest BCUT2D eigenvalue weighted by Crippen LogP contribution is -2.22. The van der Waals surface area contributed by atoms with E-state index in [1.54, 1.807) is 30.3 Å². The van der Waals surface area contributed by atoms with Gasteiger partial charge in [-0.25, -0.2) is 4.79 Å². The zero-order valence-corrected chi connectivity index (χ0v) is 14.4. The topological polar surface area (TPSA) is 81.7 Å². The minimum atomic E-state index is -0.510. The van der Waals surface area contributed by atoms with Gasteiger partial charge >= 0.3 is 5.97 Å². The van der Waals surface area contributed by atoms with Gasteiger partial charge in [-0.15, -0.1) is 11.3 Å². The number of benzene rings is 1. The van der Waals surface area contributed by atoms with Crippen LogP contribution in [0.25, 0.3) is 0 Å². The highest BCUT2D eigenvalue weighted by atomic mass is 32.1. The molecule has 0 aliphatic heterocycles. The molecule has 0 spiro atoms. The Morgan fingerprint density at radius 3 is 2.38 bits per heavy atom. The summed E-state index contributed by atoms with van der Waals surface area (Å²) >= 11 is 1.15. The second-order valence-corrected chi connectivity index (χ2v) is 6.01. The molecule has 0 aliphatic rings. The van der Waals surface area contributed by atoms with E-state index in [9.17, 15) is 14.4 Å². The Bertz CT molecular complexity index is 781. The van der Waals surface area contributed by atoms with Crippen molar-refractivity contribution in [1.29, 1.82) is 0 Å². The van der Waals surface area contributed by atoms with Crippen molar-refractivity contribution in [1.82, 2.24) is 5.32 Å². The summed E-state index contributed by atoms with van der Waals surface area (Å²) in [6, 6.07) is 8.25. The van der Waals surface area contributed by atoms with Crippen LogP contribution in [0.3, 0.4) is 0 Å². The third-order valence-corrected chi connectivity index (χ3v) is 4.48. The van der Waals surface area contributed by atoms with E-state index in [2.05, 4.69) is 5.32 Å². The van der Waals surface area contributed by atoms with E-state index < -0.39 is 5.97 Å². The number of amides is 1. The van der Waals surface area contributed by atoms with Crippen molar-refractivity contribution in [3.8, 4) is 5.75 Å². The van der Waals surface area contributed by atoms with Gasteiger partial charge < -0.3 is 14.8 Å². The highest BCUT2D eigenvalue weighted by Gasteiger charge is 2.15. The molecule has 6 nitrogen and oxygen atoms in total. The highest BCUT2D eigenvalue weighted by Crippen LogP contribution is 2.21. The van der Waals surface area contributed by atoms with E-state index in [0.717, 1.165) is 16.9 Å². The summed E-state index contributed by atoms with van der Waals surface area (Å²) in [5.41, 5.74) is 1.02. The maximum absolute atomic E-state index is 12.1. The van der Waals surface area contributed by atoms with Gasteiger partial charge in [0, 0.05) is 6.54 Å². The fourth-order valence-corrected chi connectivity index (χ4v) is 2.87. The molecule has 126 valence electrons. The van der Waals surface area contributed by atoms with Gasteiger partial charge in [0.05, 0.1) is 24.0 Å². The van der Waals surface area contributed by atoms with Gasteiger partial charge in [0.1, 0.15) is 11.3 Å². The average molecular weight is 347 g/mol. The van der Waals surface area contributed by atoms with Crippen molar-refractivity contribution in [3.05, 3.63) is 51.2 Å². The predicted octanol–water partition coefficient (Wildman–Crippen LogP) is 2.68. The molecule has 1 N–H and O–H groups in total. The van der Waals surface area contributed by atoms with Crippen LogP contribution in [0.15, 0.2) is 30.3 Å². The number of hydrogen-bond acceptors (Lipinski definition) is 6. The average Bonchev–Trinajstić information content (AvgIpc) is 3.09. The molecule has 0 aliphatic carbocycles. The smallest absolute Gasteiger partial charge is 0.341 e. The summed E-state index contributed by atoms with van der Waals surface area (Å²) in [4.78, 5) is 36.1. The summed E-state index contributed by atoms with van der Waals surface area (Å²) in [6.45, 7) is 1.69. The number of nitrogens with one attached hydrogen (secondary N) is 1. The first-order valence-electron chi connectivity index (χ1n) is 7.10. The Morgan fingerprint density at radius 1 is 1.08 bits per heavy atom. The SMILES string of the molecule is COC(=O)c1cc(CNC(=O)c2ccc(C(C)=O)s2)ccc1OC. The zero-order valence-electron chi connectivity index (χ0n) is 13.5. The first-order chi connectivity index (χ1) is 11.5. The van der Waals surface area contributed by atoms with Crippen LogP contribution >= 0.6 is 11.3 Å². The van der Waals surface area contributed by atoms with E-state index in [-0.39, 0.29) is 18.2 Å². The Balaban J connectivity index is 2.09. The van der Waals surface area contributed by atoms with E-state index >= 15 is 0 Å². The van der Waals surface area contributed by atoms with Crippen molar-refractivity contribution < 1.29 is 23.9 Å². The maximum Gasteiger partial charge on any atom is 0.341 e. The first-order valence-corrected chi connectivity index (χ1v) is 7.92. The van der Waals surface area contributed by atoms with Crippen LogP contribution in [0, 0.1) is 0 Å². The second kappa shape index (κ2) is 7.74. The van der Waals surface area contributed by atoms with Crippen LogP contribution in [0.5, 0.6) is 5.75 Å². The number of ketones is 1. The maximum atomic E-state index is 12.1. The molecule has 1 aromatic heterocycles. The number of thiophene rings is 1. The number of hydrogen-bond donors (Lipinski definition) is 1. The molecule has 0 bridgehead atoms. The zero-order chi connectivity index (χ0) is 17.7. The quantitative estimate of drug-likeness (QED) is 0.642. The molecular formula is C17H17NO5S. The van der Waals surface area contributed by atoms with E-state index in [1.165, 1.54) is 21.1 Å². The van der Waals surface area contributed by atoms with Gasteiger partial charge in [0.25, 0.3) is 5.91 Å². The summed E-state index contributed by atoms with van der Waals surface area (Å²) < 4.78 is 9.84. The number of carbonyl (C=O) groups excluding carboxylic acids is 3. The number of Topliss-reactive ketones (excluding diaryl/α,β-unsaturated/α-hetero) is 1. The number of rotatable bonds is 6. The molecule has 0 unspecified atom stereocenters. The largest absolute Gasteiger partial charge is 0.496 e. The van der Waals surface area contributed by atoms with Crippen molar-refractivity contribution in [2.24, 2.45) is 0 Å². The first kappa shape index (κ1) is 17.7. The van der Waals surface area contributed by atoms with Crippen LogP contribution < -0.4 is 10.1 Å². The molecule has 0 atom stereocenters. The second-order valence-electron chi connectivity index (χ2n) is 4.93. The van der Waals surface area contributed by atoms with Crippen molar-refractivity contribution in [3.63, 3.8) is 0 Å². The summed E-state index contributed by atoms with van der Waals surface area (Å²) in [7, 11) is 2.76. The Morgan fingerprint density at radius 2 is 1.79 bits per heavy atom. The highest BCUT2D eigenvalue weighted by molar-refractivity contribution is 7.15. The molecule has 1 heterocycles. The molecule has 0 fully saturated rings. The molecule has 1 amide bonds. The summed E-state index contributed by atoms with van der Waals surface area (Å²) in [6.07, 6.45) is 0. The Labute approximate surface area is 143 Å². The van der Waals surface area contributed by atoms with Gasteiger partial charge in [-0.1, -0.05) is 6.07 Å². The van der Waals surface area contributed by atoms with Gasteiger partial charge in [0.15, 0.2) is 5.78 Å². The summed E-state index contributed by atoms with van der Waals surface area (Å²) in [5, 5.41) is 2.76. The standard InChI is InChI=1S/C17H17NO5S/c1-10(19)14-6-7-15(24-14)16(20)18-9-11-4-5-13(22-2)12(8-11)17(21)23-3/h4-8H,9H2,1-3H3,(H,18,20). The third-order valence-electron chi connectivity index (χ3n) is 3.30. The lowest BCUT2D eigenvalue weighted by Gasteiger charge is -2.10. The van der Waals surface area contributed by atoms with Gasteiger partial charge in [-0.2, -0.15) is 0 Å². The molecule has 0 saturated heterocycles. The van der Waals surface area contributed by atoms with E-state index in [4.69, 9.17) is 9.47 Å². The fourth-order valence-electron chi connectivity index (χ4n) is 2.05. The molecule has 2 aromatic rings. The number of esters is 1. The van der Waals surface area contributed by atoms with Crippen molar-refractivity contribution in [2.75, 3.05) is 14.2 Å². The Kier molecular flexibility index (Phi) is 5.70. The molecule has 1 aromatic carbocycles.